The highest BCUT2D eigenvalue weighted by molar-refractivity contribution is 6.30. The van der Waals surface area contributed by atoms with Crippen LogP contribution in [0.2, 0.25) is 5.02 Å². The minimum absolute atomic E-state index is 0.233. The van der Waals surface area contributed by atoms with Crippen molar-refractivity contribution in [2.75, 3.05) is 13.1 Å². The lowest BCUT2D eigenvalue weighted by molar-refractivity contribution is 0.00425. The number of nitrogens with one attached hydrogen (secondary N) is 1. The van der Waals surface area contributed by atoms with Gasteiger partial charge in [0.2, 0.25) is 0 Å². The van der Waals surface area contributed by atoms with Gasteiger partial charge in [-0.3, -0.25) is 4.90 Å². The van der Waals surface area contributed by atoms with Crippen molar-refractivity contribution in [3.05, 3.63) is 34.9 Å². The molecule has 2 aliphatic rings. The van der Waals surface area contributed by atoms with Crippen molar-refractivity contribution in [1.29, 1.82) is 0 Å². The van der Waals surface area contributed by atoms with E-state index in [1.54, 1.807) is 0 Å². The average Bonchev–Trinajstić information content (AvgIpc) is 3.28. The minimum Gasteiger partial charge on any atom is -0.308 e. The molecular formula is C18H27ClN2. The van der Waals surface area contributed by atoms with Crippen LogP contribution in [-0.2, 0) is 6.54 Å². The van der Waals surface area contributed by atoms with E-state index in [2.05, 4.69) is 49.2 Å². The molecule has 1 saturated carbocycles. The molecule has 0 radical (unpaired) electrons. The van der Waals surface area contributed by atoms with Gasteiger partial charge in [0.25, 0.3) is 0 Å². The van der Waals surface area contributed by atoms with E-state index >= 15 is 0 Å². The number of piperazine rings is 1. The normalized spacial score (nSPS) is 34.1. The predicted molar refractivity (Wildman–Crippen MR) is 89.7 cm³/mol. The van der Waals surface area contributed by atoms with Crippen LogP contribution in [0.4, 0.5) is 0 Å². The zero-order chi connectivity index (χ0) is 15.1. The molecule has 2 atom stereocenters. The molecule has 116 valence electrons. The first-order valence-electron chi connectivity index (χ1n) is 8.20. The molecule has 0 amide bonds. The Kier molecular flexibility index (Phi) is 4.06. The molecule has 3 heteroatoms. The van der Waals surface area contributed by atoms with Gasteiger partial charge in [-0.15, -0.1) is 0 Å². The monoisotopic (exact) mass is 306 g/mol. The molecule has 0 aromatic heterocycles. The van der Waals surface area contributed by atoms with E-state index in [-0.39, 0.29) is 11.1 Å². The Hall–Kier alpha value is -0.570. The number of hydrogen-bond acceptors (Lipinski definition) is 2. The fourth-order valence-corrected chi connectivity index (χ4v) is 3.81. The van der Waals surface area contributed by atoms with Gasteiger partial charge in [-0.25, -0.2) is 0 Å². The number of nitrogens with zero attached hydrogens (tertiary/aromatic N) is 1. The Morgan fingerprint density at radius 2 is 2.10 bits per heavy atom. The average molecular weight is 307 g/mol. The van der Waals surface area contributed by atoms with Crippen LogP contribution >= 0.6 is 11.6 Å². The highest BCUT2D eigenvalue weighted by atomic mass is 35.5. The van der Waals surface area contributed by atoms with E-state index in [9.17, 15) is 0 Å². The van der Waals surface area contributed by atoms with E-state index < -0.39 is 0 Å². The van der Waals surface area contributed by atoms with Crippen LogP contribution in [0.1, 0.15) is 45.6 Å². The maximum absolute atomic E-state index is 6.15. The summed E-state index contributed by atoms with van der Waals surface area (Å²) in [6, 6.07) is 8.31. The summed E-state index contributed by atoms with van der Waals surface area (Å²) < 4.78 is 0. The quantitative estimate of drug-likeness (QED) is 0.901. The fourth-order valence-electron chi connectivity index (χ4n) is 3.59. The zero-order valence-electron chi connectivity index (χ0n) is 13.5. The van der Waals surface area contributed by atoms with Crippen LogP contribution in [0, 0.1) is 5.92 Å². The third-order valence-electron chi connectivity index (χ3n) is 5.66. The summed E-state index contributed by atoms with van der Waals surface area (Å²) in [5.74, 6) is 0.862. The first-order valence-corrected chi connectivity index (χ1v) is 8.57. The fraction of sp³-hybridized carbons (Fsp3) is 0.667. The lowest BCUT2D eigenvalue weighted by atomic mass is 9.84. The maximum atomic E-state index is 6.15. The molecule has 3 rings (SSSR count). The van der Waals surface area contributed by atoms with Gasteiger partial charge in [0.15, 0.2) is 0 Å². The topological polar surface area (TPSA) is 15.3 Å². The molecule has 2 nitrogen and oxygen atoms in total. The lowest BCUT2D eigenvalue weighted by Gasteiger charge is -2.52. The van der Waals surface area contributed by atoms with Crippen molar-refractivity contribution in [3.8, 4) is 0 Å². The maximum Gasteiger partial charge on any atom is 0.0409 e. The molecule has 0 bridgehead atoms. The Balaban J connectivity index is 1.80. The molecule has 2 unspecified atom stereocenters. The smallest absolute Gasteiger partial charge is 0.0409 e. The van der Waals surface area contributed by atoms with Gasteiger partial charge in [0, 0.05) is 35.7 Å². The van der Waals surface area contributed by atoms with Crippen LogP contribution in [0.3, 0.4) is 0 Å². The molecule has 1 N–H and O–H groups in total. The Bertz CT molecular complexity index is 514. The molecule has 1 aliphatic carbocycles. The number of hydrogen-bond donors (Lipinski definition) is 1. The SMILES string of the molecule is CCC1(C)CNC(C)(C2CC2)CN1Cc1cccc(Cl)c1. The zero-order valence-corrected chi connectivity index (χ0v) is 14.2. The summed E-state index contributed by atoms with van der Waals surface area (Å²) in [6.07, 6.45) is 3.94. The molecular weight excluding hydrogens is 280 g/mol. The molecule has 2 fully saturated rings. The third kappa shape index (κ3) is 3.13. The number of benzene rings is 1. The van der Waals surface area contributed by atoms with Gasteiger partial charge in [0.05, 0.1) is 0 Å². The predicted octanol–water partition coefficient (Wildman–Crippen LogP) is 4.08. The lowest BCUT2D eigenvalue weighted by Crippen LogP contribution is -2.68. The highest BCUT2D eigenvalue weighted by Crippen LogP contribution is 2.43. The van der Waals surface area contributed by atoms with Crippen LogP contribution in [-0.4, -0.2) is 29.1 Å². The first kappa shape index (κ1) is 15.3. The van der Waals surface area contributed by atoms with Crippen molar-refractivity contribution in [2.24, 2.45) is 5.92 Å². The second-order valence-electron chi connectivity index (χ2n) is 7.38. The second kappa shape index (κ2) is 5.57. The summed E-state index contributed by atoms with van der Waals surface area (Å²) in [5.41, 5.74) is 1.84. The van der Waals surface area contributed by atoms with Gasteiger partial charge in [-0.05, 0) is 56.7 Å². The standard InChI is InChI=1S/C18H27ClN2/c1-4-17(2)12-20-18(3,15-8-9-15)13-21(17)11-14-6-5-7-16(19)10-14/h5-7,10,15,20H,4,8-9,11-13H2,1-3H3. The second-order valence-corrected chi connectivity index (χ2v) is 7.82. The van der Waals surface area contributed by atoms with Crippen LogP contribution in [0.25, 0.3) is 0 Å². The molecule has 1 aromatic rings. The Morgan fingerprint density at radius 3 is 2.71 bits per heavy atom. The number of halogens is 1. The molecule has 21 heavy (non-hydrogen) atoms. The van der Waals surface area contributed by atoms with Crippen molar-refractivity contribution < 1.29 is 0 Å². The van der Waals surface area contributed by atoms with Crippen LogP contribution in [0.15, 0.2) is 24.3 Å². The van der Waals surface area contributed by atoms with E-state index in [1.807, 2.05) is 6.07 Å². The third-order valence-corrected chi connectivity index (χ3v) is 5.89. The summed E-state index contributed by atoms with van der Waals surface area (Å²) >= 11 is 6.15. The van der Waals surface area contributed by atoms with Gasteiger partial charge < -0.3 is 5.32 Å². The summed E-state index contributed by atoms with van der Waals surface area (Å²) in [7, 11) is 0. The van der Waals surface area contributed by atoms with Crippen LogP contribution < -0.4 is 5.32 Å². The van der Waals surface area contributed by atoms with Gasteiger partial charge in [0.1, 0.15) is 0 Å². The highest BCUT2D eigenvalue weighted by Gasteiger charge is 2.48. The van der Waals surface area contributed by atoms with Gasteiger partial charge in [-0.2, -0.15) is 0 Å². The number of rotatable bonds is 4. The molecule has 0 spiro atoms. The Labute approximate surface area is 133 Å². The molecule has 1 heterocycles. The van der Waals surface area contributed by atoms with Gasteiger partial charge in [-0.1, -0.05) is 30.7 Å². The minimum atomic E-state index is 0.233. The van der Waals surface area contributed by atoms with Gasteiger partial charge >= 0.3 is 0 Å². The van der Waals surface area contributed by atoms with Crippen molar-refractivity contribution in [3.63, 3.8) is 0 Å². The Morgan fingerprint density at radius 1 is 1.33 bits per heavy atom. The van der Waals surface area contributed by atoms with E-state index in [0.29, 0.717) is 0 Å². The van der Waals surface area contributed by atoms with Crippen molar-refractivity contribution in [1.82, 2.24) is 10.2 Å². The van der Waals surface area contributed by atoms with E-state index in [0.717, 1.165) is 30.6 Å². The molecule has 1 aromatic carbocycles. The van der Waals surface area contributed by atoms with Crippen molar-refractivity contribution >= 4 is 11.6 Å². The van der Waals surface area contributed by atoms with Crippen molar-refractivity contribution in [2.45, 2.75) is 57.7 Å². The van der Waals surface area contributed by atoms with Crippen LogP contribution in [0.5, 0.6) is 0 Å². The van der Waals surface area contributed by atoms with E-state index in [4.69, 9.17) is 11.6 Å². The summed E-state index contributed by atoms with van der Waals surface area (Å²) in [6.45, 7) is 10.3. The summed E-state index contributed by atoms with van der Waals surface area (Å²) in [5, 5.41) is 4.70. The first-order chi connectivity index (χ1) is 9.95. The molecule has 1 saturated heterocycles. The van der Waals surface area contributed by atoms with E-state index in [1.165, 1.54) is 24.8 Å². The largest absolute Gasteiger partial charge is 0.308 e. The molecule has 1 aliphatic heterocycles. The summed E-state index contributed by atoms with van der Waals surface area (Å²) in [4.78, 5) is 2.67.